The van der Waals surface area contributed by atoms with Crippen molar-refractivity contribution in [2.24, 2.45) is 0 Å². The molecule has 1 saturated heterocycles. The van der Waals surface area contributed by atoms with Gasteiger partial charge in [0.1, 0.15) is 5.82 Å². The fraction of sp³-hybridized carbons (Fsp3) is 0.643. The Morgan fingerprint density at radius 3 is 2.89 bits per heavy atom. The second-order valence-electron chi connectivity index (χ2n) is 5.05. The number of pyridine rings is 1. The number of halogens is 2. The quantitative estimate of drug-likeness (QED) is 0.898. The largest absolute Gasteiger partial charge is 0.354 e. The Labute approximate surface area is 125 Å². The van der Waals surface area contributed by atoms with E-state index in [1.54, 1.807) is 12.3 Å². The lowest BCUT2D eigenvalue weighted by Crippen LogP contribution is -2.44. The standard InChI is InChI=1S/C14H21Cl2N3/c1-2-7-19(10-12-5-3-4-6-17-12)14-13(16)8-11(15)9-18-14/h8-9,12,17H,2-7,10H2,1H3. The van der Waals surface area contributed by atoms with Crippen molar-refractivity contribution in [3.05, 3.63) is 22.3 Å². The average molecular weight is 302 g/mol. The van der Waals surface area contributed by atoms with Crippen LogP contribution in [0.25, 0.3) is 0 Å². The number of nitrogens with zero attached hydrogens (tertiary/aromatic N) is 2. The van der Waals surface area contributed by atoms with Gasteiger partial charge in [0.05, 0.1) is 10.0 Å². The molecule has 0 amide bonds. The molecule has 2 heterocycles. The molecule has 1 atom stereocenters. The molecule has 5 heteroatoms. The Balaban J connectivity index is 2.09. The monoisotopic (exact) mass is 301 g/mol. The van der Waals surface area contributed by atoms with Crippen LogP contribution in [-0.2, 0) is 0 Å². The lowest BCUT2D eigenvalue weighted by atomic mass is 10.0. The third kappa shape index (κ3) is 4.23. The zero-order valence-corrected chi connectivity index (χ0v) is 12.8. The summed E-state index contributed by atoms with van der Waals surface area (Å²) in [6.45, 7) is 5.21. The van der Waals surface area contributed by atoms with E-state index in [1.165, 1.54) is 19.3 Å². The minimum Gasteiger partial charge on any atom is -0.354 e. The summed E-state index contributed by atoms with van der Waals surface area (Å²) in [4.78, 5) is 6.66. The second kappa shape index (κ2) is 7.32. The van der Waals surface area contributed by atoms with E-state index in [4.69, 9.17) is 23.2 Å². The van der Waals surface area contributed by atoms with Crippen LogP contribution in [0.2, 0.25) is 10.0 Å². The topological polar surface area (TPSA) is 28.2 Å². The molecule has 0 aliphatic carbocycles. The summed E-state index contributed by atoms with van der Waals surface area (Å²) in [5.41, 5.74) is 0. The molecule has 1 N–H and O–H groups in total. The highest BCUT2D eigenvalue weighted by molar-refractivity contribution is 6.36. The van der Waals surface area contributed by atoms with Gasteiger partial charge in [-0.1, -0.05) is 36.5 Å². The van der Waals surface area contributed by atoms with Crippen molar-refractivity contribution >= 4 is 29.0 Å². The first-order valence-corrected chi connectivity index (χ1v) is 7.75. The van der Waals surface area contributed by atoms with Crippen LogP contribution in [0, 0.1) is 0 Å². The summed E-state index contributed by atoms with van der Waals surface area (Å²) in [7, 11) is 0. The molecule has 3 nitrogen and oxygen atoms in total. The normalized spacial score (nSPS) is 19.4. The number of hydrogen-bond donors (Lipinski definition) is 1. The lowest BCUT2D eigenvalue weighted by Gasteiger charge is -2.31. The molecule has 0 radical (unpaired) electrons. The van der Waals surface area contributed by atoms with Gasteiger partial charge in [-0.2, -0.15) is 0 Å². The molecule has 1 fully saturated rings. The molecule has 1 aliphatic rings. The van der Waals surface area contributed by atoms with Gasteiger partial charge in [0, 0.05) is 25.3 Å². The summed E-state index contributed by atoms with van der Waals surface area (Å²) in [5, 5.41) is 4.79. The predicted molar refractivity (Wildman–Crippen MR) is 82.4 cm³/mol. The first-order valence-electron chi connectivity index (χ1n) is 7.00. The van der Waals surface area contributed by atoms with Gasteiger partial charge in [0.15, 0.2) is 0 Å². The van der Waals surface area contributed by atoms with Crippen molar-refractivity contribution in [1.82, 2.24) is 10.3 Å². The Morgan fingerprint density at radius 1 is 1.42 bits per heavy atom. The Kier molecular flexibility index (Phi) is 5.74. The van der Waals surface area contributed by atoms with E-state index < -0.39 is 0 Å². The van der Waals surface area contributed by atoms with Gasteiger partial charge in [-0.15, -0.1) is 0 Å². The molecular formula is C14H21Cl2N3. The van der Waals surface area contributed by atoms with Crippen molar-refractivity contribution < 1.29 is 0 Å². The van der Waals surface area contributed by atoms with Crippen LogP contribution < -0.4 is 10.2 Å². The van der Waals surface area contributed by atoms with Gasteiger partial charge in [-0.25, -0.2) is 4.98 Å². The Bertz CT molecular complexity index is 406. The molecular weight excluding hydrogens is 281 g/mol. The van der Waals surface area contributed by atoms with Crippen molar-refractivity contribution in [2.75, 3.05) is 24.5 Å². The molecule has 0 bridgehead atoms. The zero-order chi connectivity index (χ0) is 13.7. The highest BCUT2D eigenvalue weighted by Crippen LogP contribution is 2.26. The van der Waals surface area contributed by atoms with Gasteiger partial charge in [-0.05, 0) is 31.9 Å². The molecule has 0 saturated carbocycles. The third-order valence-corrected chi connectivity index (χ3v) is 3.92. The summed E-state index contributed by atoms with van der Waals surface area (Å²) >= 11 is 12.2. The molecule has 19 heavy (non-hydrogen) atoms. The van der Waals surface area contributed by atoms with Crippen LogP contribution in [0.5, 0.6) is 0 Å². The number of piperidine rings is 1. The van der Waals surface area contributed by atoms with Crippen molar-refractivity contribution in [1.29, 1.82) is 0 Å². The molecule has 106 valence electrons. The molecule has 1 aromatic heterocycles. The fourth-order valence-electron chi connectivity index (χ4n) is 2.54. The highest BCUT2D eigenvalue weighted by Gasteiger charge is 2.19. The average Bonchev–Trinajstić information content (AvgIpc) is 2.39. The molecule has 0 aromatic carbocycles. The van der Waals surface area contributed by atoms with E-state index in [1.807, 2.05) is 0 Å². The number of anilines is 1. The lowest BCUT2D eigenvalue weighted by molar-refractivity contribution is 0.398. The van der Waals surface area contributed by atoms with Gasteiger partial charge >= 0.3 is 0 Å². The Hall–Kier alpha value is -0.510. The first kappa shape index (κ1) is 14.9. The van der Waals surface area contributed by atoms with Crippen molar-refractivity contribution in [2.45, 2.75) is 38.6 Å². The van der Waals surface area contributed by atoms with E-state index in [0.29, 0.717) is 16.1 Å². The van der Waals surface area contributed by atoms with Crippen LogP contribution in [-0.4, -0.2) is 30.7 Å². The van der Waals surface area contributed by atoms with Crippen LogP contribution in [0.4, 0.5) is 5.82 Å². The van der Waals surface area contributed by atoms with E-state index in [-0.39, 0.29) is 0 Å². The molecule has 1 aromatic rings. The number of hydrogen-bond acceptors (Lipinski definition) is 3. The van der Waals surface area contributed by atoms with Crippen LogP contribution in [0.1, 0.15) is 32.6 Å². The van der Waals surface area contributed by atoms with Crippen molar-refractivity contribution in [3.8, 4) is 0 Å². The maximum absolute atomic E-state index is 6.27. The van der Waals surface area contributed by atoms with E-state index in [0.717, 1.165) is 31.9 Å². The summed E-state index contributed by atoms with van der Waals surface area (Å²) in [6.07, 6.45) is 6.56. The van der Waals surface area contributed by atoms with Gasteiger partial charge in [0.2, 0.25) is 0 Å². The summed E-state index contributed by atoms with van der Waals surface area (Å²) in [5.74, 6) is 0.847. The maximum Gasteiger partial charge on any atom is 0.147 e. The minimum absolute atomic E-state index is 0.536. The SMILES string of the molecule is CCCN(CC1CCCCN1)c1ncc(Cl)cc1Cl. The first-order chi connectivity index (χ1) is 9.20. The van der Waals surface area contributed by atoms with E-state index in [9.17, 15) is 0 Å². The maximum atomic E-state index is 6.27. The van der Waals surface area contributed by atoms with Gasteiger partial charge in [-0.3, -0.25) is 0 Å². The summed E-state index contributed by atoms with van der Waals surface area (Å²) < 4.78 is 0. The number of nitrogens with one attached hydrogen (secondary N) is 1. The second-order valence-corrected chi connectivity index (χ2v) is 5.90. The summed E-state index contributed by atoms with van der Waals surface area (Å²) in [6, 6.07) is 2.30. The van der Waals surface area contributed by atoms with E-state index in [2.05, 4.69) is 22.1 Å². The third-order valence-electron chi connectivity index (χ3n) is 3.43. The smallest absolute Gasteiger partial charge is 0.147 e. The predicted octanol–water partition coefficient (Wildman–Crippen LogP) is 3.75. The van der Waals surface area contributed by atoms with Crippen molar-refractivity contribution in [3.63, 3.8) is 0 Å². The van der Waals surface area contributed by atoms with Gasteiger partial charge in [0.25, 0.3) is 0 Å². The Morgan fingerprint density at radius 2 is 2.26 bits per heavy atom. The van der Waals surface area contributed by atoms with Crippen LogP contribution >= 0.6 is 23.2 Å². The zero-order valence-electron chi connectivity index (χ0n) is 11.3. The van der Waals surface area contributed by atoms with Crippen LogP contribution in [0.3, 0.4) is 0 Å². The van der Waals surface area contributed by atoms with Crippen LogP contribution in [0.15, 0.2) is 12.3 Å². The van der Waals surface area contributed by atoms with Gasteiger partial charge < -0.3 is 10.2 Å². The molecule has 1 aliphatic heterocycles. The molecule has 1 unspecified atom stereocenters. The molecule has 0 spiro atoms. The molecule has 2 rings (SSSR count). The number of rotatable bonds is 5. The van der Waals surface area contributed by atoms with E-state index >= 15 is 0 Å². The fourth-order valence-corrected chi connectivity index (χ4v) is 3.04. The minimum atomic E-state index is 0.536. The number of aromatic nitrogens is 1. The highest BCUT2D eigenvalue weighted by atomic mass is 35.5.